The molecule has 0 radical (unpaired) electrons. The highest BCUT2D eigenvalue weighted by Crippen LogP contribution is 2.33. The Morgan fingerprint density at radius 3 is 2.50 bits per heavy atom. The Labute approximate surface area is 185 Å². The average molecular weight is 465 g/mol. The fourth-order valence-corrected chi connectivity index (χ4v) is 3.85. The zero-order valence-electron chi connectivity index (χ0n) is 17.0. The molecule has 1 saturated heterocycles. The molecule has 0 aromatic heterocycles. The van der Waals surface area contributed by atoms with Gasteiger partial charge < -0.3 is 10.1 Å². The number of ether oxygens (including phenoxy) is 1. The molecular formula is C21H18F3N3O4S. The van der Waals surface area contributed by atoms with Gasteiger partial charge in [0, 0.05) is 19.2 Å². The highest BCUT2D eigenvalue weighted by molar-refractivity contribution is 8.15. The van der Waals surface area contributed by atoms with Gasteiger partial charge in [-0.2, -0.15) is 13.2 Å². The molecule has 1 aliphatic rings. The van der Waals surface area contributed by atoms with Crippen molar-refractivity contribution in [3.63, 3.8) is 0 Å². The van der Waals surface area contributed by atoms with Gasteiger partial charge in [0.1, 0.15) is 5.25 Å². The third-order valence-corrected chi connectivity index (χ3v) is 5.77. The van der Waals surface area contributed by atoms with Crippen LogP contribution < -0.4 is 5.32 Å². The molecule has 1 heterocycles. The second-order valence-electron chi connectivity index (χ2n) is 6.76. The van der Waals surface area contributed by atoms with Gasteiger partial charge in [-0.05, 0) is 42.5 Å². The third kappa shape index (κ3) is 5.47. The van der Waals surface area contributed by atoms with Crippen LogP contribution in [-0.4, -0.2) is 47.3 Å². The molecule has 7 nitrogen and oxygen atoms in total. The molecule has 32 heavy (non-hydrogen) atoms. The number of nitrogens with zero attached hydrogens (tertiary/aromatic N) is 2. The first-order valence-electron chi connectivity index (χ1n) is 9.27. The van der Waals surface area contributed by atoms with E-state index in [9.17, 15) is 27.6 Å². The molecule has 168 valence electrons. The molecule has 1 fully saturated rings. The number of carbonyl (C=O) groups excluding carboxylic acids is 3. The predicted octanol–water partition coefficient (Wildman–Crippen LogP) is 4.08. The molecular weight excluding hydrogens is 447 g/mol. The Bertz CT molecular complexity index is 1070. The highest BCUT2D eigenvalue weighted by atomic mass is 32.2. The number of aliphatic imine (C=N–C) groups is 1. The molecule has 3 rings (SSSR count). The van der Waals surface area contributed by atoms with E-state index in [-0.39, 0.29) is 17.3 Å². The van der Waals surface area contributed by atoms with Crippen molar-refractivity contribution < 1.29 is 32.3 Å². The highest BCUT2D eigenvalue weighted by Gasteiger charge is 2.34. The molecule has 0 aliphatic carbocycles. The number of amidine groups is 1. The first-order chi connectivity index (χ1) is 15.1. The lowest BCUT2D eigenvalue weighted by atomic mass is 10.2. The Kier molecular flexibility index (Phi) is 6.87. The van der Waals surface area contributed by atoms with E-state index in [1.54, 1.807) is 0 Å². The molecule has 0 bridgehead atoms. The summed E-state index contributed by atoms with van der Waals surface area (Å²) in [6.45, 7) is 0. The van der Waals surface area contributed by atoms with Crippen LogP contribution in [0.2, 0.25) is 0 Å². The maximum atomic E-state index is 13.0. The number of hydrogen-bond acceptors (Lipinski definition) is 6. The number of anilines is 1. The van der Waals surface area contributed by atoms with Crippen LogP contribution in [0.1, 0.15) is 22.3 Å². The Morgan fingerprint density at radius 2 is 1.88 bits per heavy atom. The zero-order chi connectivity index (χ0) is 23.5. The lowest BCUT2D eigenvalue weighted by molar-refractivity contribution is -0.137. The number of nitrogens with one attached hydrogen (secondary N) is 1. The van der Waals surface area contributed by atoms with Gasteiger partial charge in [-0.25, -0.2) is 9.79 Å². The SMILES string of the molecule is COC(=O)c1ccc(NC(=O)C2CC(=O)N(C)C(=Nc3cccc(C(F)(F)F)c3)S2)cc1. The second kappa shape index (κ2) is 9.43. The predicted molar refractivity (Wildman–Crippen MR) is 114 cm³/mol. The van der Waals surface area contributed by atoms with Gasteiger partial charge in [0.2, 0.25) is 11.8 Å². The summed E-state index contributed by atoms with van der Waals surface area (Å²) in [5.74, 6) is -1.38. The minimum absolute atomic E-state index is 0.0152. The Morgan fingerprint density at radius 1 is 1.19 bits per heavy atom. The summed E-state index contributed by atoms with van der Waals surface area (Å²) < 4.78 is 43.5. The van der Waals surface area contributed by atoms with Crippen molar-refractivity contribution in [1.29, 1.82) is 0 Å². The van der Waals surface area contributed by atoms with E-state index in [0.29, 0.717) is 11.3 Å². The van der Waals surface area contributed by atoms with Gasteiger partial charge in [-0.3, -0.25) is 14.5 Å². The topological polar surface area (TPSA) is 88.1 Å². The smallest absolute Gasteiger partial charge is 0.416 e. The molecule has 0 spiro atoms. The van der Waals surface area contributed by atoms with E-state index < -0.39 is 34.8 Å². The van der Waals surface area contributed by atoms with Crippen LogP contribution in [0.25, 0.3) is 0 Å². The summed E-state index contributed by atoms with van der Waals surface area (Å²) in [7, 11) is 2.70. The molecule has 1 aliphatic heterocycles. The van der Waals surface area contributed by atoms with Crippen molar-refractivity contribution in [3.8, 4) is 0 Å². The molecule has 1 atom stereocenters. The second-order valence-corrected chi connectivity index (χ2v) is 7.93. The largest absolute Gasteiger partial charge is 0.465 e. The van der Waals surface area contributed by atoms with Gasteiger partial charge in [0.05, 0.1) is 23.9 Å². The van der Waals surface area contributed by atoms with E-state index in [1.807, 2.05) is 0 Å². The van der Waals surface area contributed by atoms with Gasteiger partial charge in [-0.1, -0.05) is 17.8 Å². The van der Waals surface area contributed by atoms with Crippen LogP contribution in [0.3, 0.4) is 0 Å². The number of halogens is 3. The van der Waals surface area contributed by atoms with E-state index in [1.165, 1.54) is 55.5 Å². The number of esters is 1. The van der Waals surface area contributed by atoms with Gasteiger partial charge in [-0.15, -0.1) is 0 Å². The van der Waals surface area contributed by atoms with E-state index in [0.717, 1.165) is 23.9 Å². The first kappa shape index (κ1) is 23.3. The maximum absolute atomic E-state index is 13.0. The molecule has 1 N–H and O–H groups in total. The molecule has 2 amide bonds. The summed E-state index contributed by atoms with van der Waals surface area (Å²) in [6, 6.07) is 10.4. The lowest BCUT2D eigenvalue weighted by Crippen LogP contribution is -2.43. The quantitative estimate of drug-likeness (QED) is 0.688. The van der Waals surface area contributed by atoms with Crippen LogP contribution >= 0.6 is 11.8 Å². The minimum atomic E-state index is -4.52. The molecule has 11 heteroatoms. The van der Waals surface area contributed by atoms with E-state index in [2.05, 4.69) is 15.0 Å². The summed E-state index contributed by atoms with van der Waals surface area (Å²) >= 11 is 0.978. The Hall–Kier alpha value is -3.34. The van der Waals surface area contributed by atoms with Crippen LogP contribution in [0.5, 0.6) is 0 Å². The van der Waals surface area contributed by atoms with Crippen LogP contribution in [0, 0.1) is 0 Å². The van der Waals surface area contributed by atoms with Crippen LogP contribution in [0.15, 0.2) is 53.5 Å². The number of hydrogen-bond donors (Lipinski definition) is 1. The number of thioether (sulfide) groups is 1. The summed E-state index contributed by atoms with van der Waals surface area (Å²) in [5, 5.41) is 1.94. The number of carbonyl (C=O) groups is 3. The van der Waals surface area contributed by atoms with E-state index >= 15 is 0 Å². The summed E-state index contributed by atoms with van der Waals surface area (Å²) in [6.07, 6.45) is -4.63. The van der Waals surface area contributed by atoms with Crippen molar-refractivity contribution in [1.82, 2.24) is 4.90 Å². The molecule has 2 aromatic carbocycles. The summed E-state index contributed by atoms with van der Waals surface area (Å²) in [4.78, 5) is 41.9. The van der Waals surface area contributed by atoms with Crippen molar-refractivity contribution in [2.24, 2.45) is 4.99 Å². The molecule has 1 unspecified atom stereocenters. The zero-order valence-corrected chi connectivity index (χ0v) is 17.8. The number of rotatable bonds is 4. The number of benzene rings is 2. The molecule has 0 saturated carbocycles. The van der Waals surface area contributed by atoms with Crippen molar-refractivity contribution >= 4 is 46.1 Å². The van der Waals surface area contributed by atoms with Gasteiger partial charge >= 0.3 is 12.1 Å². The van der Waals surface area contributed by atoms with Crippen molar-refractivity contribution in [3.05, 3.63) is 59.7 Å². The minimum Gasteiger partial charge on any atom is -0.465 e. The lowest BCUT2D eigenvalue weighted by Gasteiger charge is -2.28. The fraction of sp³-hybridized carbons (Fsp3) is 0.238. The number of amides is 2. The first-order valence-corrected chi connectivity index (χ1v) is 10.1. The third-order valence-electron chi connectivity index (χ3n) is 4.53. The summed E-state index contributed by atoms with van der Waals surface area (Å²) in [5.41, 5.74) is -0.129. The number of methoxy groups -OCH3 is 1. The van der Waals surface area contributed by atoms with Crippen molar-refractivity contribution in [2.75, 3.05) is 19.5 Å². The Balaban J connectivity index is 1.76. The van der Waals surface area contributed by atoms with Gasteiger partial charge in [0.25, 0.3) is 0 Å². The van der Waals surface area contributed by atoms with Crippen LogP contribution in [-0.2, 0) is 20.5 Å². The monoisotopic (exact) mass is 465 g/mol. The molecule has 2 aromatic rings. The van der Waals surface area contributed by atoms with Crippen molar-refractivity contribution in [2.45, 2.75) is 17.8 Å². The maximum Gasteiger partial charge on any atom is 0.416 e. The number of alkyl halides is 3. The standard InChI is InChI=1S/C21H18F3N3O4S/c1-27-17(28)11-16(18(29)25-14-8-6-12(7-9-14)19(30)31-2)32-20(27)26-15-5-3-4-13(10-15)21(22,23)24/h3-10,16H,11H2,1-2H3,(H,25,29). The van der Waals surface area contributed by atoms with Gasteiger partial charge in [0.15, 0.2) is 5.17 Å². The normalized spacial score (nSPS) is 17.9. The van der Waals surface area contributed by atoms with E-state index in [4.69, 9.17) is 0 Å². The van der Waals surface area contributed by atoms with Crippen LogP contribution in [0.4, 0.5) is 24.5 Å². The average Bonchev–Trinajstić information content (AvgIpc) is 2.76. The fourth-order valence-electron chi connectivity index (χ4n) is 2.79.